The fourth-order valence-electron chi connectivity index (χ4n) is 3.05. The van der Waals surface area contributed by atoms with Crippen LogP contribution in [0.15, 0.2) is 18.2 Å². The van der Waals surface area contributed by atoms with Crippen LogP contribution in [0.5, 0.6) is 5.75 Å². The summed E-state index contributed by atoms with van der Waals surface area (Å²) < 4.78 is 5.31. The third-order valence-corrected chi connectivity index (χ3v) is 4.23. The highest BCUT2D eigenvalue weighted by atomic mass is 16.5. The number of ether oxygens (including phenoxy) is 1. The van der Waals surface area contributed by atoms with Crippen LogP contribution in [0.3, 0.4) is 0 Å². The average Bonchev–Trinajstić information content (AvgIpc) is 2.93. The summed E-state index contributed by atoms with van der Waals surface area (Å²) in [4.78, 5) is 14.3. The third-order valence-electron chi connectivity index (χ3n) is 4.23. The summed E-state index contributed by atoms with van der Waals surface area (Å²) in [5.74, 6) is 1.40. The molecule has 4 heteroatoms. The monoisotopic (exact) mass is 304 g/mol. The summed E-state index contributed by atoms with van der Waals surface area (Å²) in [6, 6.07) is 6.68. The predicted molar refractivity (Wildman–Crippen MR) is 89.4 cm³/mol. The minimum absolute atomic E-state index is 0.0847. The van der Waals surface area contributed by atoms with Crippen molar-refractivity contribution in [2.24, 2.45) is 5.92 Å². The minimum Gasteiger partial charge on any atom is -0.496 e. The molecule has 2 amide bonds. The molecule has 1 saturated heterocycles. The number of nitrogens with one attached hydrogen (secondary N) is 1. The Labute approximate surface area is 133 Å². The molecule has 1 aliphatic heterocycles. The molecule has 0 saturated carbocycles. The van der Waals surface area contributed by atoms with Crippen molar-refractivity contribution in [1.82, 2.24) is 10.2 Å². The Morgan fingerprint density at radius 1 is 1.45 bits per heavy atom. The molecule has 2 rings (SSSR count). The van der Waals surface area contributed by atoms with Crippen LogP contribution < -0.4 is 10.1 Å². The number of likely N-dealkylation sites (tertiary alicyclic amines) is 1. The maximum Gasteiger partial charge on any atom is 0.317 e. The minimum atomic E-state index is 0.0847. The molecule has 1 atom stereocenters. The van der Waals surface area contributed by atoms with Crippen molar-refractivity contribution < 1.29 is 9.53 Å². The first-order valence-corrected chi connectivity index (χ1v) is 8.19. The van der Waals surface area contributed by atoms with Crippen LogP contribution in [0.25, 0.3) is 0 Å². The number of amides is 2. The van der Waals surface area contributed by atoms with E-state index in [4.69, 9.17) is 4.74 Å². The number of benzene rings is 1. The number of hydrogen-bond acceptors (Lipinski definition) is 2. The zero-order valence-electron chi connectivity index (χ0n) is 14.2. The first kappa shape index (κ1) is 16.7. The normalized spacial score (nSPS) is 17.9. The summed E-state index contributed by atoms with van der Waals surface area (Å²) >= 11 is 0. The first-order valence-electron chi connectivity index (χ1n) is 8.19. The van der Waals surface area contributed by atoms with E-state index in [0.717, 1.165) is 43.7 Å². The van der Waals surface area contributed by atoms with Crippen LogP contribution in [0, 0.1) is 12.8 Å². The lowest BCUT2D eigenvalue weighted by molar-refractivity contribution is 0.191. The molecule has 1 aromatic rings. The van der Waals surface area contributed by atoms with Gasteiger partial charge in [-0.2, -0.15) is 0 Å². The number of methoxy groups -OCH3 is 1. The van der Waals surface area contributed by atoms with Crippen molar-refractivity contribution in [1.29, 1.82) is 0 Å². The zero-order valence-corrected chi connectivity index (χ0v) is 14.2. The molecule has 1 heterocycles. The average molecular weight is 304 g/mol. The van der Waals surface area contributed by atoms with E-state index in [1.807, 2.05) is 11.0 Å². The van der Waals surface area contributed by atoms with E-state index in [0.29, 0.717) is 12.0 Å². The summed E-state index contributed by atoms with van der Waals surface area (Å²) in [5.41, 5.74) is 2.42. The van der Waals surface area contributed by atoms with Gasteiger partial charge in [0.05, 0.1) is 7.11 Å². The largest absolute Gasteiger partial charge is 0.496 e. The number of hydrogen-bond donors (Lipinski definition) is 1. The van der Waals surface area contributed by atoms with E-state index in [1.165, 1.54) is 5.56 Å². The van der Waals surface area contributed by atoms with Crippen LogP contribution >= 0.6 is 0 Å². The molecule has 0 radical (unpaired) electrons. The van der Waals surface area contributed by atoms with Gasteiger partial charge < -0.3 is 15.0 Å². The second kappa shape index (κ2) is 7.52. The summed E-state index contributed by atoms with van der Waals surface area (Å²) in [6.45, 7) is 7.89. The summed E-state index contributed by atoms with van der Waals surface area (Å²) in [5, 5.41) is 3.04. The van der Waals surface area contributed by atoms with Crippen LogP contribution in [-0.2, 0) is 6.42 Å². The lowest BCUT2D eigenvalue weighted by atomic mass is 10.0. The Balaban J connectivity index is 1.99. The van der Waals surface area contributed by atoms with Crippen molar-refractivity contribution in [2.75, 3.05) is 20.2 Å². The van der Waals surface area contributed by atoms with Crippen LogP contribution in [0.2, 0.25) is 0 Å². The number of urea groups is 1. The molecular weight excluding hydrogens is 276 g/mol. The van der Waals surface area contributed by atoms with Crippen LogP contribution in [0.1, 0.15) is 37.8 Å². The van der Waals surface area contributed by atoms with Gasteiger partial charge in [-0.05, 0) is 49.3 Å². The van der Waals surface area contributed by atoms with E-state index >= 15 is 0 Å². The first-order chi connectivity index (χ1) is 10.5. The third kappa shape index (κ3) is 4.15. The summed E-state index contributed by atoms with van der Waals surface area (Å²) in [7, 11) is 1.69. The van der Waals surface area contributed by atoms with Crippen LogP contribution in [0.4, 0.5) is 4.79 Å². The van der Waals surface area contributed by atoms with Gasteiger partial charge in [-0.15, -0.1) is 0 Å². The number of rotatable bonds is 5. The Morgan fingerprint density at radius 2 is 2.23 bits per heavy atom. The Bertz CT molecular complexity index is 514. The molecule has 0 bridgehead atoms. The molecule has 122 valence electrons. The van der Waals surface area contributed by atoms with E-state index < -0.39 is 0 Å². The molecule has 1 fully saturated rings. The molecular formula is C18H28N2O2. The summed E-state index contributed by atoms with van der Waals surface area (Å²) in [6.07, 6.45) is 3.09. The van der Waals surface area contributed by atoms with Crippen molar-refractivity contribution in [3.05, 3.63) is 29.3 Å². The zero-order chi connectivity index (χ0) is 16.1. The second-order valence-corrected chi connectivity index (χ2v) is 6.58. The highest BCUT2D eigenvalue weighted by molar-refractivity contribution is 5.74. The van der Waals surface area contributed by atoms with Gasteiger partial charge in [-0.1, -0.05) is 26.0 Å². The quantitative estimate of drug-likeness (QED) is 0.906. The molecule has 22 heavy (non-hydrogen) atoms. The fourth-order valence-corrected chi connectivity index (χ4v) is 3.05. The highest BCUT2D eigenvalue weighted by Gasteiger charge is 2.28. The van der Waals surface area contributed by atoms with E-state index in [-0.39, 0.29) is 6.03 Å². The topological polar surface area (TPSA) is 41.6 Å². The smallest absolute Gasteiger partial charge is 0.317 e. The Kier molecular flexibility index (Phi) is 5.69. The number of aryl methyl sites for hydroxylation is 1. The van der Waals surface area contributed by atoms with Gasteiger partial charge >= 0.3 is 6.03 Å². The molecule has 4 nitrogen and oxygen atoms in total. The Morgan fingerprint density at radius 3 is 2.86 bits per heavy atom. The Hall–Kier alpha value is -1.71. The molecule has 0 aromatic heterocycles. The SMILES string of the molecule is COc1ccc(CC2CCCN2C(=O)NCC(C)C)cc1C. The maximum absolute atomic E-state index is 12.3. The van der Waals surface area contributed by atoms with Gasteiger partial charge in [0.1, 0.15) is 5.75 Å². The number of carbonyl (C=O) groups is 1. The van der Waals surface area contributed by atoms with Gasteiger partial charge in [-0.25, -0.2) is 4.79 Å². The van der Waals surface area contributed by atoms with Crippen molar-refractivity contribution in [3.8, 4) is 5.75 Å². The molecule has 1 aromatic carbocycles. The van der Waals surface area contributed by atoms with Gasteiger partial charge in [0.15, 0.2) is 0 Å². The second-order valence-electron chi connectivity index (χ2n) is 6.58. The van der Waals surface area contributed by atoms with E-state index in [1.54, 1.807) is 7.11 Å². The fraction of sp³-hybridized carbons (Fsp3) is 0.611. The number of carbonyl (C=O) groups excluding carboxylic acids is 1. The lowest BCUT2D eigenvalue weighted by Gasteiger charge is -2.25. The van der Waals surface area contributed by atoms with Crippen LogP contribution in [-0.4, -0.2) is 37.2 Å². The van der Waals surface area contributed by atoms with Gasteiger partial charge in [0.25, 0.3) is 0 Å². The molecule has 0 spiro atoms. The van der Waals surface area contributed by atoms with Gasteiger partial charge in [-0.3, -0.25) is 0 Å². The van der Waals surface area contributed by atoms with E-state index in [2.05, 4.69) is 38.2 Å². The van der Waals surface area contributed by atoms with Gasteiger partial charge in [0, 0.05) is 19.1 Å². The number of nitrogens with zero attached hydrogens (tertiary/aromatic N) is 1. The van der Waals surface area contributed by atoms with Crippen molar-refractivity contribution in [3.63, 3.8) is 0 Å². The molecule has 1 aliphatic rings. The molecule has 0 aliphatic carbocycles. The lowest BCUT2D eigenvalue weighted by Crippen LogP contribution is -2.44. The highest BCUT2D eigenvalue weighted by Crippen LogP contribution is 2.24. The molecule has 1 unspecified atom stereocenters. The maximum atomic E-state index is 12.3. The molecule has 1 N–H and O–H groups in total. The van der Waals surface area contributed by atoms with Gasteiger partial charge in [0.2, 0.25) is 0 Å². The van der Waals surface area contributed by atoms with Crippen molar-refractivity contribution in [2.45, 2.75) is 46.1 Å². The van der Waals surface area contributed by atoms with Crippen molar-refractivity contribution >= 4 is 6.03 Å². The van der Waals surface area contributed by atoms with E-state index in [9.17, 15) is 4.79 Å². The standard InChI is InChI=1S/C18H28N2O2/c1-13(2)12-19-18(21)20-9-5-6-16(20)11-15-7-8-17(22-4)14(3)10-15/h7-8,10,13,16H,5-6,9,11-12H2,1-4H3,(H,19,21). The predicted octanol–water partition coefficient (Wildman–Crippen LogP) is 3.38.